The van der Waals surface area contributed by atoms with Gasteiger partial charge in [0, 0.05) is 31.6 Å². The molecule has 7 heteroatoms. The second-order valence-corrected chi connectivity index (χ2v) is 8.82. The molecule has 4 rings (SSSR count). The number of rotatable bonds is 13. The molecule has 0 spiro atoms. The summed E-state index contributed by atoms with van der Waals surface area (Å²) in [5.41, 5.74) is 7.82. The molecule has 7 nitrogen and oxygen atoms in total. The number of amides is 1. The van der Waals surface area contributed by atoms with Gasteiger partial charge in [-0.2, -0.15) is 0 Å². The zero-order valence-electron chi connectivity index (χ0n) is 20.8. The summed E-state index contributed by atoms with van der Waals surface area (Å²) in [7, 11) is 0. The molecule has 37 heavy (non-hydrogen) atoms. The molecule has 0 aliphatic carbocycles. The Morgan fingerprint density at radius 1 is 1.03 bits per heavy atom. The van der Waals surface area contributed by atoms with E-state index in [2.05, 4.69) is 23.0 Å². The number of hydrogen-bond acceptors (Lipinski definition) is 6. The lowest BCUT2D eigenvalue weighted by Gasteiger charge is -2.22. The van der Waals surface area contributed by atoms with Gasteiger partial charge >= 0.3 is 0 Å². The first kappa shape index (κ1) is 26.1. The highest BCUT2D eigenvalue weighted by molar-refractivity contribution is 6.00. The average molecular weight is 500 g/mol. The fourth-order valence-electron chi connectivity index (χ4n) is 3.92. The summed E-state index contributed by atoms with van der Waals surface area (Å²) in [4.78, 5) is 18.1. The molecular formula is C30H33N3O4. The summed E-state index contributed by atoms with van der Waals surface area (Å²) in [6, 6.07) is 27.4. The molecule has 1 heterocycles. The minimum atomic E-state index is -1.09. The third kappa shape index (κ3) is 7.52. The molecule has 0 fully saturated rings. The van der Waals surface area contributed by atoms with Crippen molar-refractivity contribution < 1.29 is 19.4 Å². The molecule has 0 aromatic heterocycles. The van der Waals surface area contributed by atoms with Crippen molar-refractivity contribution in [3.63, 3.8) is 0 Å². The fraction of sp³-hybridized carbons (Fsp3) is 0.267. The third-order valence-electron chi connectivity index (χ3n) is 6.01. The van der Waals surface area contributed by atoms with E-state index in [0.717, 1.165) is 17.5 Å². The predicted octanol–water partition coefficient (Wildman–Crippen LogP) is 3.93. The van der Waals surface area contributed by atoms with Crippen LogP contribution in [0.2, 0.25) is 0 Å². The fourth-order valence-corrected chi connectivity index (χ4v) is 3.92. The number of ether oxygens (including phenoxy) is 2. The normalized spacial score (nSPS) is 16.8. The Morgan fingerprint density at radius 3 is 2.49 bits per heavy atom. The van der Waals surface area contributed by atoms with E-state index in [-0.39, 0.29) is 19.1 Å². The van der Waals surface area contributed by atoms with Crippen LogP contribution in [0.1, 0.15) is 29.5 Å². The highest BCUT2D eigenvalue weighted by atomic mass is 16.5. The molecule has 1 aliphatic rings. The Bertz CT molecular complexity index is 1180. The molecule has 1 aliphatic heterocycles. The van der Waals surface area contributed by atoms with Crippen molar-refractivity contribution >= 4 is 17.9 Å². The van der Waals surface area contributed by atoms with Gasteiger partial charge in [-0.25, -0.2) is 10.4 Å². The van der Waals surface area contributed by atoms with Crippen LogP contribution >= 0.6 is 0 Å². The van der Waals surface area contributed by atoms with Crippen LogP contribution in [0.5, 0.6) is 5.75 Å². The van der Waals surface area contributed by atoms with E-state index in [1.54, 1.807) is 0 Å². The van der Waals surface area contributed by atoms with Gasteiger partial charge in [0.2, 0.25) is 5.90 Å². The summed E-state index contributed by atoms with van der Waals surface area (Å²) < 4.78 is 11.5. The monoisotopic (exact) mass is 499 g/mol. The van der Waals surface area contributed by atoms with Gasteiger partial charge in [-0.05, 0) is 41.8 Å². The highest BCUT2D eigenvalue weighted by Gasteiger charge is 2.43. The van der Waals surface area contributed by atoms with E-state index in [1.165, 1.54) is 5.56 Å². The zero-order chi connectivity index (χ0) is 25.8. The lowest BCUT2D eigenvalue weighted by Crippen LogP contribution is -2.51. The van der Waals surface area contributed by atoms with Crippen LogP contribution in [0.25, 0.3) is 6.08 Å². The second kappa shape index (κ2) is 13.4. The van der Waals surface area contributed by atoms with Crippen LogP contribution in [-0.4, -0.2) is 48.8 Å². The summed E-state index contributed by atoms with van der Waals surface area (Å²) in [6.45, 7) is 1.28. The van der Waals surface area contributed by atoms with E-state index in [4.69, 9.17) is 19.6 Å². The first-order valence-electron chi connectivity index (χ1n) is 12.5. The Morgan fingerprint density at radius 2 is 1.76 bits per heavy atom. The average Bonchev–Trinajstić information content (AvgIpc) is 3.38. The van der Waals surface area contributed by atoms with Gasteiger partial charge in [0.05, 0.1) is 6.61 Å². The van der Waals surface area contributed by atoms with E-state index >= 15 is 0 Å². The number of hydrogen-bond donors (Lipinski definition) is 3. The molecule has 0 saturated carbocycles. The maximum absolute atomic E-state index is 13.4. The second-order valence-electron chi connectivity index (χ2n) is 8.82. The number of benzene rings is 3. The summed E-state index contributed by atoms with van der Waals surface area (Å²) >= 11 is 0. The van der Waals surface area contributed by atoms with Crippen LogP contribution in [-0.2, 0) is 16.0 Å². The molecular weight excluding hydrogens is 466 g/mol. The third-order valence-corrected chi connectivity index (χ3v) is 6.01. The summed E-state index contributed by atoms with van der Waals surface area (Å²) in [5.74, 6) is 0.889. The van der Waals surface area contributed by atoms with E-state index < -0.39 is 5.54 Å². The Hall–Kier alpha value is -3.94. The predicted molar refractivity (Wildman–Crippen MR) is 145 cm³/mol. The Balaban J connectivity index is 1.44. The quantitative estimate of drug-likeness (QED) is 0.245. The minimum absolute atomic E-state index is 0.0900. The molecule has 0 unspecified atom stereocenters. The van der Waals surface area contributed by atoms with Gasteiger partial charge in [0.1, 0.15) is 12.4 Å². The van der Waals surface area contributed by atoms with Crippen molar-refractivity contribution in [1.82, 2.24) is 10.9 Å². The molecule has 3 N–H and O–H groups in total. The standard InChI is InChI=1S/C30H33N3O4/c34-21-8-22-36-27-16-14-26(15-17-27)28-32-30(23-37-28,19-7-13-24-9-3-1-4-10-24)29(35)33-31-20-18-25-11-5-2-6-12-25/h1-7,9-17,31,34H,8,18-23H2,(H,33,35)/b13-7+/t30-/m0/s1. The molecule has 1 atom stereocenters. The molecule has 0 radical (unpaired) electrons. The number of carbonyl (C=O) groups excluding carboxylic acids is 1. The number of carbonyl (C=O) groups is 1. The van der Waals surface area contributed by atoms with Crippen LogP contribution in [0.15, 0.2) is 96.0 Å². The smallest absolute Gasteiger partial charge is 0.266 e. The lowest BCUT2D eigenvalue weighted by molar-refractivity contribution is -0.127. The topological polar surface area (TPSA) is 92.2 Å². The van der Waals surface area contributed by atoms with Crippen molar-refractivity contribution in [2.24, 2.45) is 4.99 Å². The van der Waals surface area contributed by atoms with Crippen molar-refractivity contribution in [1.29, 1.82) is 0 Å². The molecule has 0 bridgehead atoms. The van der Waals surface area contributed by atoms with Crippen molar-refractivity contribution in [3.8, 4) is 5.75 Å². The van der Waals surface area contributed by atoms with Crippen LogP contribution in [0.4, 0.5) is 0 Å². The molecule has 3 aromatic carbocycles. The number of hydrazine groups is 1. The van der Waals surface area contributed by atoms with Gasteiger partial charge in [0.25, 0.3) is 5.91 Å². The van der Waals surface area contributed by atoms with Gasteiger partial charge < -0.3 is 14.6 Å². The zero-order valence-corrected chi connectivity index (χ0v) is 20.8. The number of nitrogens with zero attached hydrogens (tertiary/aromatic N) is 1. The number of aliphatic hydroxyl groups excluding tert-OH is 1. The van der Waals surface area contributed by atoms with Crippen LogP contribution < -0.4 is 15.6 Å². The molecule has 192 valence electrons. The van der Waals surface area contributed by atoms with Crippen LogP contribution in [0, 0.1) is 0 Å². The van der Waals surface area contributed by atoms with Gasteiger partial charge in [-0.1, -0.05) is 72.8 Å². The van der Waals surface area contributed by atoms with Gasteiger partial charge in [-0.15, -0.1) is 0 Å². The number of aliphatic imine (C=N–C) groups is 1. The highest BCUT2D eigenvalue weighted by Crippen LogP contribution is 2.27. The number of aliphatic hydroxyl groups is 1. The molecule has 0 saturated heterocycles. The lowest BCUT2D eigenvalue weighted by atomic mass is 9.95. The summed E-state index contributed by atoms with van der Waals surface area (Å²) in [5, 5.41) is 8.92. The largest absolute Gasteiger partial charge is 0.494 e. The Labute approximate surface area is 217 Å². The maximum Gasteiger partial charge on any atom is 0.266 e. The first-order valence-corrected chi connectivity index (χ1v) is 12.5. The van der Waals surface area contributed by atoms with E-state index in [0.29, 0.717) is 37.6 Å². The molecule has 3 aromatic rings. The van der Waals surface area contributed by atoms with E-state index in [9.17, 15) is 4.79 Å². The summed E-state index contributed by atoms with van der Waals surface area (Å²) in [6.07, 6.45) is 5.71. The Kier molecular flexibility index (Phi) is 9.46. The van der Waals surface area contributed by atoms with E-state index in [1.807, 2.05) is 84.9 Å². The first-order chi connectivity index (χ1) is 18.2. The van der Waals surface area contributed by atoms with Crippen LogP contribution in [0.3, 0.4) is 0 Å². The SMILES string of the molecule is O=C(NNCCc1ccccc1)[C@]1(C/C=C/c2ccccc2)COC(c2ccc(OCCCO)cc2)=N1. The van der Waals surface area contributed by atoms with Gasteiger partial charge in [0.15, 0.2) is 5.54 Å². The molecule has 1 amide bonds. The number of nitrogens with one attached hydrogen (secondary N) is 2. The van der Waals surface area contributed by atoms with Gasteiger partial charge in [-0.3, -0.25) is 10.2 Å². The van der Waals surface area contributed by atoms with Crippen molar-refractivity contribution in [3.05, 3.63) is 108 Å². The minimum Gasteiger partial charge on any atom is -0.494 e. The van der Waals surface area contributed by atoms with Crippen molar-refractivity contribution in [2.45, 2.75) is 24.8 Å². The maximum atomic E-state index is 13.4. The van der Waals surface area contributed by atoms with Crippen molar-refractivity contribution in [2.75, 3.05) is 26.4 Å².